The fourth-order valence-electron chi connectivity index (χ4n) is 2.69. The van der Waals surface area contributed by atoms with Gasteiger partial charge in [-0.15, -0.1) is 0 Å². The molecule has 0 spiro atoms. The summed E-state index contributed by atoms with van der Waals surface area (Å²) in [7, 11) is 1.69. The smallest absolute Gasteiger partial charge is 0.144 e. The molecule has 3 nitrogen and oxygen atoms in total. The second kappa shape index (κ2) is 5.03. The highest BCUT2D eigenvalue weighted by atomic mass is 16.7. The van der Waals surface area contributed by atoms with E-state index in [9.17, 15) is 0 Å². The summed E-state index contributed by atoms with van der Waals surface area (Å²) in [6, 6.07) is 18.3. The largest absolute Gasteiger partial charge is 0.496 e. The standard InChI is InChI=1S/C16H17NO2/c1-18-15-10-6-5-9-14(15)16(11-12-17-19-16)13-7-3-2-4-8-13/h2-10,17H,11-12H2,1H3. The first-order valence-electron chi connectivity index (χ1n) is 6.47. The van der Waals surface area contributed by atoms with E-state index in [0.717, 1.165) is 29.8 Å². The van der Waals surface area contributed by atoms with Crippen LogP contribution >= 0.6 is 0 Å². The zero-order valence-corrected chi connectivity index (χ0v) is 10.9. The van der Waals surface area contributed by atoms with Gasteiger partial charge in [-0.25, -0.2) is 5.48 Å². The molecule has 3 heteroatoms. The van der Waals surface area contributed by atoms with E-state index in [2.05, 4.69) is 23.7 Å². The molecule has 1 fully saturated rings. The van der Waals surface area contributed by atoms with Crippen molar-refractivity contribution in [2.75, 3.05) is 13.7 Å². The summed E-state index contributed by atoms with van der Waals surface area (Å²) in [6.07, 6.45) is 0.886. The van der Waals surface area contributed by atoms with E-state index in [1.807, 2.05) is 36.4 Å². The summed E-state index contributed by atoms with van der Waals surface area (Å²) in [5.41, 5.74) is 4.75. The minimum atomic E-state index is -0.464. The van der Waals surface area contributed by atoms with Crippen LogP contribution in [0.25, 0.3) is 0 Å². The molecular formula is C16H17NO2. The highest BCUT2D eigenvalue weighted by Gasteiger charge is 2.41. The third kappa shape index (κ3) is 2.01. The fraction of sp³-hybridized carbons (Fsp3) is 0.250. The molecule has 0 aliphatic carbocycles. The van der Waals surface area contributed by atoms with Crippen LogP contribution in [0.2, 0.25) is 0 Å². The van der Waals surface area contributed by atoms with E-state index in [1.54, 1.807) is 7.11 Å². The van der Waals surface area contributed by atoms with E-state index in [4.69, 9.17) is 9.57 Å². The molecular weight excluding hydrogens is 238 g/mol. The first kappa shape index (κ1) is 12.2. The average Bonchev–Trinajstić information content (AvgIpc) is 2.99. The number of nitrogens with one attached hydrogen (secondary N) is 1. The molecule has 0 bridgehead atoms. The maximum Gasteiger partial charge on any atom is 0.144 e. The average molecular weight is 255 g/mol. The summed E-state index contributed by atoms with van der Waals surface area (Å²) >= 11 is 0. The lowest BCUT2D eigenvalue weighted by Crippen LogP contribution is -2.28. The predicted molar refractivity (Wildman–Crippen MR) is 73.9 cm³/mol. The van der Waals surface area contributed by atoms with Gasteiger partial charge in [-0.05, 0) is 11.6 Å². The van der Waals surface area contributed by atoms with Crippen molar-refractivity contribution >= 4 is 0 Å². The first-order chi connectivity index (χ1) is 9.37. The molecule has 1 heterocycles. The van der Waals surface area contributed by atoms with Gasteiger partial charge in [0, 0.05) is 18.5 Å². The Morgan fingerprint density at radius 2 is 1.79 bits per heavy atom. The monoisotopic (exact) mass is 255 g/mol. The molecule has 0 aromatic heterocycles. The van der Waals surface area contributed by atoms with Gasteiger partial charge in [0.05, 0.1) is 7.11 Å². The Labute approximate surface area is 113 Å². The Morgan fingerprint density at radius 1 is 1.05 bits per heavy atom. The van der Waals surface area contributed by atoms with E-state index in [1.165, 1.54) is 0 Å². The number of hydroxylamine groups is 1. The Hall–Kier alpha value is -1.84. The van der Waals surface area contributed by atoms with Crippen LogP contribution in [0.5, 0.6) is 5.75 Å². The molecule has 2 aromatic rings. The molecule has 0 radical (unpaired) electrons. The summed E-state index contributed by atoms with van der Waals surface area (Å²) in [4.78, 5) is 5.93. The number of methoxy groups -OCH3 is 1. The topological polar surface area (TPSA) is 30.5 Å². The summed E-state index contributed by atoms with van der Waals surface area (Å²) in [5.74, 6) is 0.857. The van der Waals surface area contributed by atoms with Crippen molar-refractivity contribution in [3.63, 3.8) is 0 Å². The van der Waals surface area contributed by atoms with Crippen molar-refractivity contribution < 1.29 is 9.57 Å². The Balaban J connectivity index is 2.16. The minimum Gasteiger partial charge on any atom is -0.496 e. The SMILES string of the molecule is COc1ccccc1C1(c2ccccc2)CCNO1. The quantitative estimate of drug-likeness (QED) is 0.914. The molecule has 1 saturated heterocycles. The lowest BCUT2D eigenvalue weighted by Gasteiger charge is -2.29. The second-order valence-electron chi connectivity index (χ2n) is 4.64. The zero-order valence-electron chi connectivity index (χ0n) is 10.9. The van der Waals surface area contributed by atoms with E-state index in [0.29, 0.717) is 0 Å². The molecule has 0 amide bonds. The Morgan fingerprint density at radius 3 is 2.47 bits per heavy atom. The van der Waals surface area contributed by atoms with Crippen LogP contribution in [0.15, 0.2) is 54.6 Å². The summed E-state index contributed by atoms with van der Waals surface area (Å²) in [6.45, 7) is 0.826. The third-order valence-corrected chi connectivity index (χ3v) is 3.61. The van der Waals surface area contributed by atoms with Gasteiger partial charge in [-0.2, -0.15) is 0 Å². The maximum atomic E-state index is 5.93. The highest BCUT2D eigenvalue weighted by Crippen LogP contribution is 2.42. The van der Waals surface area contributed by atoms with Crippen LogP contribution in [0.3, 0.4) is 0 Å². The lowest BCUT2D eigenvalue weighted by atomic mass is 9.83. The Bertz CT molecular complexity index is 548. The van der Waals surface area contributed by atoms with Gasteiger partial charge in [0.2, 0.25) is 0 Å². The van der Waals surface area contributed by atoms with Gasteiger partial charge in [-0.3, -0.25) is 4.84 Å². The van der Waals surface area contributed by atoms with Crippen LogP contribution < -0.4 is 10.2 Å². The molecule has 1 aliphatic rings. The third-order valence-electron chi connectivity index (χ3n) is 3.61. The van der Waals surface area contributed by atoms with Gasteiger partial charge >= 0.3 is 0 Å². The number of ether oxygens (including phenoxy) is 1. The highest BCUT2D eigenvalue weighted by molar-refractivity contribution is 5.45. The summed E-state index contributed by atoms with van der Waals surface area (Å²) in [5, 5.41) is 0. The molecule has 19 heavy (non-hydrogen) atoms. The molecule has 1 atom stereocenters. The van der Waals surface area contributed by atoms with E-state index < -0.39 is 5.60 Å². The summed E-state index contributed by atoms with van der Waals surface area (Å²) < 4.78 is 5.50. The molecule has 3 rings (SSSR count). The second-order valence-corrected chi connectivity index (χ2v) is 4.64. The first-order valence-corrected chi connectivity index (χ1v) is 6.47. The molecule has 1 aliphatic heterocycles. The molecule has 2 aromatic carbocycles. The fourth-order valence-corrected chi connectivity index (χ4v) is 2.69. The maximum absolute atomic E-state index is 5.93. The lowest BCUT2D eigenvalue weighted by molar-refractivity contribution is -0.0295. The number of benzene rings is 2. The molecule has 98 valence electrons. The van der Waals surface area contributed by atoms with Crippen molar-refractivity contribution in [2.45, 2.75) is 12.0 Å². The van der Waals surface area contributed by atoms with Crippen molar-refractivity contribution in [1.29, 1.82) is 0 Å². The van der Waals surface area contributed by atoms with Crippen LogP contribution in [0.4, 0.5) is 0 Å². The van der Waals surface area contributed by atoms with Gasteiger partial charge in [-0.1, -0.05) is 48.5 Å². The number of para-hydroxylation sites is 1. The number of hydrogen-bond acceptors (Lipinski definition) is 3. The van der Waals surface area contributed by atoms with Crippen molar-refractivity contribution in [1.82, 2.24) is 5.48 Å². The number of rotatable bonds is 3. The number of hydrogen-bond donors (Lipinski definition) is 1. The normalized spacial score (nSPS) is 22.4. The molecule has 1 N–H and O–H groups in total. The minimum absolute atomic E-state index is 0.464. The zero-order chi connectivity index (χ0) is 13.1. The van der Waals surface area contributed by atoms with Crippen LogP contribution in [-0.4, -0.2) is 13.7 Å². The van der Waals surface area contributed by atoms with Crippen LogP contribution in [0.1, 0.15) is 17.5 Å². The van der Waals surface area contributed by atoms with Crippen molar-refractivity contribution in [3.8, 4) is 5.75 Å². The Kier molecular flexibility index (Phi) is 3.23. The van der Waals surface area contributed by atoms with Crippen molar-refractivity contribution in [3.05, 3.63) is 65.7 Å². The van der Waals surface area contributed by atoms with Gasteiger partial charge < -0.3 is 4.74 Å². The molecule has 0 saturated carbocycles. The predicted octanol–water partition coefficient (Wildman–Crippen LogP) is 2.86. The van der Waals surface area contributed by atoms with Crippen LogP contribution in [-0.2, 0) is 10.4 Å². The molecule has 1 unspecified atom stereocenters. The van der Waals surface area contributed by atoms with E-state index in [-0.39, 0.29) is 0 Å². The van der Waals surface area contributed by atoms with Gasteiger partial charge in [0.25, 0.3) is 0 Å². The van der Waals surface area contributed by atoms with E-state index >= 15 is 0 Å². The van der Waals surface area contributed by atoms with Gasteiger partial charge in [0.15, 0.2) is 0 Å². The van der Waals surface area contributed by atoms with Gasteiger partial charge in [0.1, 0.15) is 11.4 Å². The van der Waals surface area contributed by atoms with Crippen LogP contribution in [0, 0.1) is 0 Å². The van der Waals surface area contributed by atoms with Crippen molar-refractivity contribution in [2.24, 2.45) is 0 Å².